The SMILES string of the molecule is CC/C=C(\C)C(NC(=O)C1CC1)c1ccccc1. The van der Waals surface area contributed by atoms with Crippen LogP contribution in [0.25, 0.3) is 0 Å². The number of nitrogens with one attached hydrogen (secondary N) is 1. The van der Waals surface area contributed by atoms with Gasteiger partial charge in [-0.3, -0.25) is 4.79 Å². The van der Waals surface area contributed by atoms with Crippen molar-refractivity contribution in [1.82, 2.24) is 5.32 Å². The van der Waals surface area contributed by atoms with Gasteiger partial charge in [0.2, 0.25) is 5.91 Å². The number of rotatable bonds is 5. The first kappa shape index (κ1) is 12.9. The zero-order valence-corrected chi connectivity index (χ0v) is 11.1. The first-order valence-electron chi connectivity index (χ1n) is 6.74. The molecule has 2 rings (SSSR count). The zero-order valence-electron chi connectivity index (χ0n) is 11.1. The van der Waals surface area contributed by atoms with Gasteiger partial charge in [-0.15, -0.1) is 0 Å². The van der Waals surface area contributed by atoms with Gasteiger partial charge in [0, 0.05) is 5.92 Å². The van der Waals surface area contributed by atoms with Gasteiger partial charge in [0.1, 0.15) is 0 Å². The number of hydrogen-bond acceptors (Lipinski definition) is 1. The molecule has 1 atom stereocenters. The molecule has 1 amide bonds. The summed E-state index contributed by atoms with van der Waals surface area (Å²) in [6, 6.07) is 10.2. The predicted octanol–water partition coefficient (Wildman–Crippen LogP) is 3.61. The van der Waals surface area contributed by atoms with Crippen LogP contribution in [0.5, 0.6) is 0 Å². The number of hydrogen-bond donors (Lipinski definition) is 1. The van der Waals surface area contributed by atoms with Crippen LogP contribution in [0, 0.1) is 5.92 Å². The highest BCUT2D eigenvalue weighted by Gasteiger charge is 2.31. The molecule has 1 unspecified atom stereocenters. The summed E-state index contributed by atoms with van der Waals surface area (Å²) in [6.07, 6.45) is 5.27. The van der Waals surface area contributed by atoms with Crippen LogP contribution in [0.15, 0.2) is 42.0 Å². The van der Waals surface area contributed by atoms with Crippen molar-refractivity contribution < 1.29 is 4.79 Å². The number of carbonyl (C=O) groups excluding carboxylic acids is 1. The van der Waals surface area contributed by atoms with E-state index >= 15 is 0 Å². The van der Waals surface area contributed by atoms with Crippen molar-refractivity contribution in [2.24, 2.45) is 5.92 Å². The number of amides is 1. The van der Waals surface area contributed by atoms with E-state index in [9.17, 15) is 4.79 Å². The van der Waals surface area contributed by atoms with Crippen LogP contribution in [0.2, 0.25) is 0 Å². The molecule has 0 aliphatic heterocycles. The largest absolute Gasteiger partial charge is 0.345 e. The summed E-state index contributed by atoms with van der Waals surface area (Å²) in [5.74, 6) is 0.457. The Morgan fingerprint density at radius 3 is 2.61 bits per heavy atom. The predicted molar refractivity (Wildman–Crippen MR) is 74.1 cm³/mol. The third-order valence-corrected chi connectivity index (χ3v) is 3.35. The van der Waals surface area contributed by atoms with E-state index in [4.69, 9.17) is 0 Å². The smallest absolute Gasteiger partial charge is 0.223 e. The van der Waals surface area contributed by atoms with Gasteiger partial charge in [-0.1, -0.05) is 48.9 Å². The van der Waals surface area contributed by atoms with Crippen molar-refractivity contribution >= 4 is 5.91 Å². The second kappa shape index (κ2) is 5.85. The van der Waals surface area contributed by atoms with Gasteiger partial charge in [0.15, 0.2) is 0 Å². The third-order valence-electron chi connectivity index (χ3n) is 3.35. The highest BCUT2D eigenvalue weighted by atomic mass is 16.2. The molecular formula is C16H21NO. The van der Waals surface area contributed by atoms with Gasteiger partial charge in [0.05, 0.1) is 6.04 Å². The van der Waals surface area contributed by atoms with Crippen LogP contribution in [0.1, 0.15) is 44.7 Å². The maximum Gasteiger partial charge on any atom is 0.223 e. The number of allylic oxidation sites excluding steroid dienone is 1. The Balaban J connectivity index is 2.17. The van der Waals surface area contributed by atoms with E-state index in [-0.39, 0.29) is 17.9 Å². The van der Waals surface area contributed by atoms with Crippen LogP contribution < -0.4 is 5.32 Å². The van der Waals surface area contributed by atoms with Crippen molar-refractivity contribution in [2.75, 3.05) is 0 Å². The molecule has 0 bridgehead atoms. The van der Waals surface area contributed by atoms with E-state index in [1.807, 2.05) is 18.2 Å². The van der Waals surface area contributed by atoms with Crippen molar-refractivity contribution in [3.8, 4) is 0 Å². The summed E-state index contributed by atoms with van der Waals surface area (Å²) in [7, 11) is 0. The minimum absolute atomic E-state index is 0.0271. The second-order valence-corrected chi connectivity index (χ2v) is 4.98. The fraction of sp³-hybridized carbons (Fsp3) is 0.438. The lowest BCUT2D eigenvalue weighted by Gasteiger charge is -2.20. The van der Waals surface area contributed by atoms with E-state index in [1.165, 1.54) is 5.57 Å². The van der Waals surface area contributed by atoms with Crippen molar-refractivity contribution in [3.63, 3.8) is 0 Å². The summed E-state index contributed by atoms with van der Waals surface area (Å²) < 4.78 is 0. The molecule has 1 aliphatic rings. The Morgan fingerprint density at radius 1 is 1.39 bits per heavy atom. The van der Waals surface area contributed by atoms with E-state index < -0.39 is 0 Å². The minimum atomic E-state index is 0.0271. The van der Waals surface area contributed by atoms with Gasteiger partial charge in [-0.25, -0.2) is 0 Å². The summed E-state index contributed by atoms with van der Waals surface area (Å²) >= 11 is 0. The molecule has 1 aromatic carbocycles. The minimum Gasteiger partial charge on any atom is -0.345 e. The molecule has 1 saturated carbocycles. The molecule has 1 aromatic rings. The first-order valence-corrected chi connectivity index (χ1v) is 6.74. The van der Waals surface area contributed by atoms with Crippen LogP contribution in [-0.2, 0) is 4.79 Å². The summed E-state index contributed by atoms with van der Waals surface area (Å²) in [5, 5.41) is 3.17. The second-order valence-electron chi connectivity index (χ2n) is 4.98. The van der Waals surface area contributed by atoms with Crippen LogP contribution >= 0.6 is 0 Å². The molecule has 1 N–H and O–H groups in total. The number of carbonyl (C=O) groups is 1. The van der Waals surface area contributed by atoms with Crippen LogP contribution in [0.4, 0.5) is 0 Å². The van der Waals surface area contributed by atoms with Crippen LogP contribution in [0.3, 0.4) is 0 Å². The molecule has 2 nitrogen and oxygen atoms in total. The summed E-state index contributed by atoms with van der Waals surface area (Å²) in [4.78, 5) is 12.0. The van der Waals surface area contributed by atoms with Gasteiger partial charge in [-0.2, -0.15) is 0 Å². The number of benzene rings is 1. The Morgan fingerprint density at radius 2 is 2.06 bits per heavy atom. The molecule has 1 aliphatic carbocycles. The topological polar surface area (TPSA) is 29.1 Å². The van der Waals surface area contributed by atoms with Gasteiger partial charge >= 0.3 is 0 Å². The lowest BCUT2D eigenvalue weighted by Crippen LogP contribution is -2.30. The lowest BCUT2D eigenvalue weighted by molar-refractivity contribution is -0.122. The lowest BCUT2D eigenvalue weighted by atomic mass is 9.98. The molecule has 18 heavy (non-hydrogen) atoms. The molecule has 0 radical (unpaired) electrons. The molecule has 0 heterocycles. The Labute approximate surface area is 109 Å². The van der Waals surface area contributed by atoms with Crippen molar-refractivity contribution in [2.45, 2.75) is 39.2 Å². The van der Waals surface area contributed by atoms with Gasteiger partial charge in [-0.05, 0) is 31.7 Å². The molecule has 1 fully saturated rings. The maximum atomic E-state index is 12.0. The Bertz CT molecular complexity index is 432. The third kappa shape index (κ3) is 3.22. The highest BCUT2D eigenvalue weighted by Crippen LogP contribution is 2.31. The van der Waals surface area contributed by atoms with E-state index in [0.717, 1.165) is 24.8 Å². The van der Waals surface area contributed by atoms with Gasteiger partial charge < -0.3 is 5.32 Å². The molecule has 0 saturated heterocycles. The van der Waals surface area contributed by atoms with E-state index in [2.05, 4.69) is 37.4 Å². The van der Waals surface area contributed by atoms with Crippen molar-refractivity contribution in [3.05, 3.63) is 47.5 Å². The highest BCUT2D eigenvalue weighted by molar-refractivity contribution is 5.81. The monoisotopic (exact) mass is 243 g/mol. The quantitative estimate of drug-likeness (QED) is 0.786. The molecular weight excluding hydrogens is 222 g/mol. The maximum absolute atomic E-state index is 12.0. The fourth-order valence-electron chi connectivity index (χ4n) is 2.15. The van der Waals surface area contributed by atoms with Gasteiger partial charge in [0.25, 0.3) is 0 Å². The molecule has 0 aromatic heterocycles. The average molecular weight is 243 g/mol. The normalized spacial score (nSPS) is 17.3. The average Bonchev–Trinajstić information content (AvgIpc) is 3.21. The molecule has 96 valence electrons. The van der Waals surface area contributed by atoms with E-state index in [0.29, 0.717) is 0 Å². The van der Waals surface area contributed by atoms with E-state index in [1.54, 1.807) is 0 Å². The Kier molecular flexibility index (Phi) is 4.19. The Hall–Kier alpha value is -1.57. The van der Waals surface area contributed by atoms with Crippen molar-refractivity contribution in [1.29, 1.82) is 0 Å². The first-order chi connectivity index (χ1) is 8.72. The van der Waals surface area contributed by atoms with Crippen LogP contribution in [-0.4, -0.2) is 5.91 Å². The summed E-state index contributed by atoms with van der Waals surface area (Å²) in [6.45, 7) is 4.21. The zero-order chi connectivity index (χ0) is 13.0. The standard InChI is InChI=1S/C16H21NO/c1-3-7-12(2)15(13-8-5-4-6-9-13)17-16(18)14-10-11-14/h4-9,14-15H,3,10-11H2,1-2H3,(H,17,18)/b12-7+. The fourth-order valence-corrected chi connectivity index (χ4v) is 2.15. The summed E-state index contributed by atoms with van der Waals surface area (Å²) in [5.41, 5.74) is 2.38. The molecule has 0 spiro atoms. The molecule has 2 heteroatoms.